The number of carbonyl (C=O) groups excluding carboxylic acids is 1. The molecule has 1 atom stereocenters. The predicted octanol–water partition coefficient (Wildman–Crippen LogP) is 2.04. The molecule has 1 rings (SSSR count). The standard InChI is InChI=1S/C15H24N2O2/c1-4-9-17-13(15(16)18)10-19-14-8-6-5-7-12(14)11(2)3/h5-8,11,13,17H,4,9-10H2,1-3H3,(H2,16,18). The van der Waals surface area contributed by atoms with Crippen molar-refractivity contribution < 1.29 is 9.53 Å². The van der Waals surface area contributed by atoms with E-state index in [1.54, 1.807) is 0 Å². The molecule has 0 aliphatic heterocycles. The molecule has 0 fully saturated rings. The quantitative estimate of drug-likeness (QED) is 0.755. The number of benzene rings is 1. The lowest BCUT2D eigenvalue weighted by molar-refractivity contribution is -0.120. The first-order chi connectivity index (χ1) is 9.06. The van der Waals surface area contributed by atoms with Crippen LogP contribution in [-0.2, 0) is 4.79 Å². The molecule has 0 bridgehead atoms. The number of para-hydroxylation sites is 1. The molecule has 19 heavy (non-hydrogen) atoms. The zero-order chi connectivity index (χ0) is 14.3. The van der Waals surface area contributed by atoms with Gasteiger partial charge in [0.1, 0.15) is 18.4 Å². The van der Waals surface area contributed by atoms with E-state index in [1.165, 1.54) is 0 Å². The summed E-state index contributed by atoms with van der Waals surface area (Å²) >= 11 is 0. The van der Waals surface area contributed by atoms with E-state index >= 15 is 0 Å². The number of rotatable bonds is 8. The van der Waals surface area contributed by atoms with Crippen LogP contribution in [0.25, 0.3) is 0 Å². The lowest BCUT2D eigenvalue weighted by atomic mass is 10.0. The van der Waals surface area contributed by atoms with Gasteiger partial charge in [-0.25, -0.2) is 0 Å². The molecule has 0 aliphatic carbocycles. The van der Waals surface area contributed by atoms with Gasteiger partial charge in [-0.05, 0) is 30.5 Å². The molecule has 0 saturated heterocycles. The number of amides is 1. The number of hydrogen-bond acceptors (Lipinski definition) is 3. The van der Waals surface area contributed by atoms with Crippen molar-refractivity contribution in [2.24, 2.45) is 5.73 Å². The van der Waals surface area contributed by atoms with Crippen molar-refractivity contribution >= 4 is 5.91 Å². The van der Waals surface area contributed by atoms with Crippen LogP contribution in [0.15, 0.2) is 24.3 Å². The van der Waals surface area contributed by atoms with Crippen LogP contribution in [-0.4, -0.2) is 25.1 Å². The third-order valence-electron chi connectivity index (χ3n) is 2.93. The van der Waals surface area contributed by atoms with Gasteiger partial charge in [0.2, 0.25) is 5.91 Å². The molecule has 3 N–H and O–H groups in total. The van der Waals surface area contributed by atoms with Crippen LogP contribution in [0.5, 0.6) is 5.75 Å². The zero-order valence-electron chi connectivity index (χ0n) is 12.0. The number of primary amides is 1. The Morgan fingerprint density at radius 3 is 2.63 bits per heavy atom. The normalized spacial score (nSPS) is 12.4. The summed E-state index contributed by atoms with van der Waals surface area (Å²) in [5, 5.41) is 3.09. The van der Waals surface area contributed by atoms with E-state index in [2.05, 4.69) is 19.2 Å². The lowest BCUT2D eigenvalue weighted by Gasteiger charge is -2.18. The smallest absolute Gasteiger partial charge is 0.238 e. The van der Waals surface area contributed by atoms with Gasteiger partial charge in [0.25, 0.3) is 0 Å². The molecule has 0 saturated carbocycles. The Morgan fingerprint density at radius 2 is 2.05 bits per heavy atom. The highest BCUT2D eigenvalue weighted by Gasteiger charge is 2.16. The van der Waals surface area contributed by atoms with Gasteiger partial charge in [0, 0.05) is 0 Å². The maximum atomic E-state index is 11.3. The summed E-state index contributed by atoms with van der Waals surface area (Å²) in [6.07, 6.45) is 0.951. The van der Waals surface area contributed by atoms with Gasteiger partial charge in [0.05, 0.1) is 0 Å². The van der Waals surface area contributed by atoms with Crippen LogP contribution in [0.3, 0.4) is 0 Å². The molecule has 0 radical (unpaired) electrons. The Labute approximate surface area is 115 Å². The molecule has 1 amide bonds. The molecule has 4 nitrogen and oxygen atoms in total. The number of carbonyl (C=O) groups is 1. The van der Waals surface area contributed by atoms with Gasteiger partial charge in [0.15, 0.2) is 0 Å². The van der Waals surface area contributed by atoms with Gasteiger partial charge < -0.3 is 15.8 Å². The van der Waals surface area contributed by atoms with Crippen molar-refractivity contribution in [3.05, 3.63) is 29.8 Å². The molecule has 1 aromatic carbocycles. The molecule has 1 aromatic rings. The van der Waals surface area contributed by atoms with Gasteiger partial charge in [-0.2, -0.15) is 0 Å². The summed E-state index contributed by atoms with van der Waals surface area (Å²) in [5.74, 6) is 0.823. The predicted molar refractivity (Wildman–Crippen MR) is 77.3 cm³/mol. The summed E-state index contributed by atoms with van der Waals surface area (Å²) in [7, 11) is 0. The Bertz CT molecular complexity index is 405. The van der Waals surface area contributed by atoms with Crippen molar-refractivity contribution in [3.63, 3.8) is 0 Å². The van der Waals surface area contributed by atoms with Crippen LogP contribution < -0.4 is 15.8 Å². The van der Waals surface area contributed by atoms with Gasteiger partial charge >= 0.3 is 0 Å². The van der Waals surface area contributed by atoms with Crippen molar-refractivity contribution in [1.29, 1.82) is 0 Å². The highest BCUT2D eigenvalue weighted by Crippen LogP contribution is 2.25. The first-order valence-electron chi connectivity index (χ1n) is 6.80. The van der Waals surface area contributed by atoms with Gasteiger partial charge in [-0.3, -0.25) is 4.79 Å². The monoisotopic (exact) mass is 264 g/mol. The number of hydrogen-bond donors (Lipinski definition) is 2. The van der Waals surface area contributed by atoms with E-state index in [-0.39, 0.29) is 12.5 Å². The van der Waals surface area contributed by atoms with E-state index < -0.39 is 6.04 Å². The molecule has 0 aromatic heterocycles. The van der Waals surface area contributed by atoms with Crippen LogP contribution >= 0.6 is 0 Å². The summed E-state index contributed by atoms with van der Waals surface area (Å²) in [5.41, 5.74) is 6.50. The molecule has 0 aliphatic rings. The van der Waals surface area contributed by atoms with Crippen LogP contribution in [0.4, 0.5) is 0 Å². The van der Waals surface area contributed by atoms with Gasteiger partial charge in [-0.1, -0.05) is 39.0 Å². The van der Waals surface area contributed by atoms with Crippen LogP contribution in [0.1, 0.15) is 38.7 Å². The minimum absolute atomic E-state index is 0.263. The molecule has 4 heteroatoms. The topological polar surface area (TPSA) is 64.3 Å². The number of ether oxygens (including phenoxy) is 1. The largest absolute Gasteiger partial charge is 0.491 e. The molecule has 0 heterocycles. The summed E-state index contributed by atoms with van der Waals surface area (Å²) < 4.78 is 5.76. The van der Waals surface area contributed by atoms with Crippen molar-refractivity contribution in [2.45, 2.75) is 39.2 Å². The second-order valence-electron chi connectivity index (χ2n) is 4.91. The minimum atomic E-state index is -0.444. The second kappa shape index (κ2) is 7.79. The highest BCUT2D eigenvalue weighted by atomic mass is 16.5. The maximum absolute atomic E-state index is 11.3. The Morgan fingerprint density at radius 1 is 1.37 bits per heavy atom. The fourth-order valence-corrected chi connectivity index (χ4v) is 1.82. The highest BCUT2D eigenvalue weighted by molar-refractivity contribution is 5.80. The fraction of sp³-hybridized carbons (Fsp3) is 0.533. The molecular formula is C15H24N2O2. The van der Waals surface area contributed by atoms with E-state index in [0.717, 1.165) is 24.3 Å². The third kappa shape index (κ3) is 4.91. The van der Waals surface area contributed by atoms with Crippen molar-refractivity contribution in [2.75, 3.05) is 13.2 Å². The van der Waals surface area contributed by atoms with Crippen LogP contribution in [0, 0.1) is 0 Å². The SMILES string of the molecule is CCCNC(COc1ccccc1C(C)C)C(N)=O. The summed E-state index contributed by atoms with van der Waals surface area (Å²) in [6.45, 7) is 7.29. The average molecular weight is 264 g/mol. The van der Waals surface area contributed by atoms with E-state index in [0.29, 0.717) is 5.92 Å². The molecular weight excluding hydrogens is 240 g/mol. The van der Waals surface area contributed by atoms with Crippen molar-refractivity contribution in [1.82, 2.24) is 5.32 Å². The Hall–Kier alpha value is -1.55. The maximum Gasteiger partial charge on any atom is 0.238 e. The fourth-order valence-electron chi connectivity index (χ4n) is 1.82. The van der Waals surface area contributed by atoms with E-state index in [9.17, 15) is 4.79 Å². The Kier molecular flexibility index (Phi) is 6.36. The minimum Gasteiger partial charge on any atom is -0.491 e. The Balaban J connectivity index is 2.66. The van der Waals surface area contributed by atoms with Crippen molar-refractivity contribution in [3.8, 4) is 5.75 Å². The van der Waals surface area contributed by atoms with E-state index in [4.69, 9.17) is 10.5 Å². The summed E-state index contributed by atoms with van der Waals surface area (Å²) in [6, 6.07) is 7.44. The average Bonchev–Trinajstić information content (AvgIpc) is 2.38. The molecule has 1 unspecified atom stereocenters. The molecule has 106 valence electrons. The first kappa shape index (κ1) is 15.5. The molecule has 0 spiro atoms. The third-order valence-corrected chi connectivity index (χ3v) is 2.93. The lowest BCUT2D eigenvalue weighted by Crippen LogP contribution is -2.45. The zero-order valence-corrected chi connectivity index (χ0v) is 12.0. The first-order valence-corrected chi connectivity index (χ1v) is 6.80. The second-order valence-corrected chi connectivity index (χ2v) is 4.91. The van der Waals surface area contributed by atoms with Crippen LogP contribution in [0.2, 0.25) is 0 Å². The number of nitrogens with two attached hydrogens (primary N) is 1. The van der Waals surface area contributed by atoms with Gasteiger partial charge in [-0.15, -0.1) is 0 Å². The number of nitrogens with one attached hydrogen (secondary N) is 1. The van der Waals surface area contributed by atoms with E-state index in [1.807, 2.05) is 31.2 Å². The summed E-state index contributed by atoms with van der Waals surface area (Å²) in [4.78, 5) is 11.3.